The highest BCUT2D eigenvalue weighted by molar-refractivity contribution is 8.00. The third-order valence-electron chi connectivity index (χ3n) is 3.71. The maximum atomic E-state index is 12.3. The second-order valence-corrected chi connectivity index (χ2v) is 6.95. The van der Waals surface area contributed by atoms with Gasteiger partial charge >= 0.3 is 0 Å². The minimum absolute atomic E-state index is 0.132. The number of thioether (sulfide) groups is 1. The van der Waals surface area contributed by atoms with E-state index in [9.17, 15) is 9.59 Å². The van der Waals surface area contributed by atoms with Gasteiger partial charge < -0.3 is 10.6 Å². The maximum Gasteiger partial charge on any atom is 0.255 e. The molecule has 5 nitrogen and oxygen atoms in total. The zero-order valence-electron chi connectivity index (χ0n) is 14.8. The average molecular weight is 377 g/mol. The fourth-order valence-electron chi connectivity index (χ4n) is 2.34. The van der Waals surface area contributed by atoms with Gasteiger partial charge in [-0.15, -0.1) is 11.8 Å². The lowest BCUT2D eigenvalue weighted by Crippen LogP contribution is -2.14. The van der Waals surface area contributed by atoms with E-state index in [1.54, 1.807) is 30.5 Å². The van der Waals surface area contributed by atoms with Gasteiger partial charge in [-0.25, -0.2) is 4.98 Å². The monoisotopic (exact) mass is 377 g/mol. The van der Waals surface area contributed by atoms with Crippen LogP contribution in [0.15, 0.2) is 77.8 Å². The summed E-state index contributed by atoms with van der Waals surface area (Å²) in [5.41, 5.74) is 2.40. The van der Waals surface area contributed by atoms with Crippen LogP contribution in [-0.4, -0.2) is 22.6 Å². The molecule has 1 heterocycles. The molecule has 0 aliphatic heterocycles. The molecule has 2 amide bonds. The fraction of sp³-hybridized carbons (Fsp3) is 0.0952. The Morgan fingerprint density at radius 2 is 1.78 bits per heavy atom. The van der Waals surface area contributed by atoms with Crippen LogP contribution in [0.4, 0.5) is 11.5 Å². The number of hydrogen-bond acceptors (Lipinski definition) is 4. The van der Waals surface area contributed by atoms with Gasteiger partial charge in [0.2, 0.25) is 5.91 Å². The Kier molecular flexibility index (Phi) is 6.22. The van der Waals surface area contributed by atoms with Gasteiger partial charge in [-0.1, -0.05) is 29.8 Å². The van der Waals surface area contributed by atoms with Crippen molar-refractivity contribution in [3.63, 3.8) is 0 Å². The van der Waals surface area contributed by atoms with Gasteiger partial charge in [0.1, 0.15) is 5.82 Å². The molecule has 0 unspecified atom stereocenters. The fourth-order valence-corrected chi connectivity index (χ4v) is 3.09. The zero-order chi connectivity index (χ0) is 19.1. The Morgan fingerprint density at radius 3 is 2.52 bits per heavy atom. The van der Waals surface area contributed by atoms with E-state index in [4.69, 9.17) is 0 Å². The normalized spacial score (nSPS) is 10.3. The second-order valence-electron chi connectivity index (χ2n) is 5.90. The summed E-state index contributed by atoms with van der Waals surface area (Å²) < 4.78 is 0. The van der Waals surface area contributed by atoms with Gasteiger partial charge in [0.05, 0.1) is 5.75 Å². The van der Waals surface area contributed by atoms with Crippen molar-refractivity contribution in [2.45, 2.75) is 11.8 Å². The van der Waals surface area contributed by atoms with Crippen LogP contribution in [0.5, 0.6) is 0 Å². The predicted octanol–water partition coefficient (Wildman–Crippen LogP) is 4.37. The van der Waals surface area contributed by atoms with Crippen molar-refractivity contribution in [1.82, 2.24) is 4.98 Å². The molecule has 0 radical (unpaired) electrons. The van der Waals surface area contributed by atoms with E-state index < -0.39 is 0 Å². The number of anilines is 2. The number of nitrogens with one attached hydrogen (secondary N) is 2. The van der Waals surface area contributed by atoms with Crippen molar-refractivity contribution in [3.8, 4) is 0 Å². The molecular formula is C21H19N3O2S. The molecule has 0 saturated carbocycles. The minimum atomic E-state index is -0.162. The summed E-state index contributed by atoms with van der Waals surface area (Å²) in [5, 5.41) is 5.63. The molecule has 2 aromatic carbocycles. The summed E-state index contributed by atoms with van der Waals surface area (Å²) in [6, 6.07) is 20.2. The van der Waals surface area contributed by atoms with Crippen LogP contribution in [0.1, 0.15) is 15.9 Å². The standard InChI is InChI=1S/C21H19N3O2S/c1-15-8-10-16(11-9-15)21(26)23-17-5-4-6-18(13-17)27-14-20(25)24-19-7-2-3-12-22-19/h2-13H,14H2,1H3,(H,23,26)(H,22,24,25). The Morgan fingerprint density at radius 1 is 0.963 bits per heavy atom. The molecule has 0 aliphatic rings. The van der Waals surface area contributed by atoms with E-state index in [2.05, 4.69) is 15.6 Å². The van der Waals surface area contributed by atoms with Crippen LogP contribution in [0.2, 0.25) is 0 Å². The van der Waals surface area contributed by atoms with Gasteiger partial charge in [-0.3, -0.25) is 9.59 Å². The third kappa shape index (κ3) is 5.69. The van der Waals surface area contributed by atoms with Gasteiger partial charge in [-0.05, 0) is 49.4 Å². The molecule has 0 spiro atoms. The first-order valence-electron chi connectivity index (χ1n) is 8.42. The van der Waals surface area contributed by atoms with E-state index in [0.29, 0.717) is 17.1 Å². The lowest BCUT2D eigenvalue weighted by Gasteiger charge is -2.08. The molecule has 0 fully saturated rings. The molecule has 6 heteroatoms. The van der Waals surface area contributed by atoms with Crippen molar-refractivity contribution in [3.05, 3.63) is 84.1 Å². The number of benzene rings is 2. The molecule has 136 valence electrons. The lowest BCUT2D eigenvalue weighted by atomic mass is 10.1. The number of aromatic nitrogens is 1. The molecule has 27 heavy (non-hydrogen) atoms. The van der Waals surface area contributed by atoms with E-state index in [-0.39, 0.29) is 17.6 Å². The van der Waals surface area contributed by atoms with E-state index in [1.807, 2.05) is 49.4 Å². The maximum absolute atomic E-state index is 12.3. The topological polar surface area (TPSA) is 71.1 Å². The number of carbonyl (C=O) groups is 2. The molecule has 0 atom stereocenters. The number of carbonyl (C=O) groups excluding carboxylic acids is 2. The van der Waals surface area contributed by atoms with Crippen molar-refractivity contribution in [2.24, 2.45) is 0 Å². The zero-order valence-corrected chi connectivity index (χ0v) is 15.6. The van der Waals surface area contributed by atoms with Crippen molar-refractivity contribution < 1.29 is 9.59 Å². The Labute approximate surface area is 162 Å². The summed E-state index contributed by atoms with van der Waals surface area (Å²) in [4.78, 5) is 29.3. The molecule has 3 rings (SSSR count). The summed E-state index contributed by atoms with van der Waals surface area (Å²) in [7, 11) is 0. The molecule has 0 saturated heterocycles. The molecule has 0 aliphatic carbocycles. The number of pyridine rings is 1. The number of rotatable bonds is 6. The highest BCUT2D eigenvalue weighted by atomic mass is 32.2. The Hall–Kier alpha value is -3.12. The first kappa shape index (κ1) is 18.7. The SMILES string of the molecule is Cc1ccc(C(=O)Nc2cccc(SCC(=O)Nc3ccccn3)c2)cc1. The Bertz CT molecular complexity index is 928. The quantitative estimate of drug-likeness (QED) is 0.626. The van der Waals surface area contributed by atoms with Gasteiger partial charge in [-0.2, -0.15) is 0 Å². The summed E-state index contributed by atoms with van der Waals surface area (Å²) in [6.07, 6.45) is 1.63. The van der Waals surface area contributed by atoms with Gasteiger partial charge in [0, 0.05) is 22.3 Å². The smallest absolute Gasteiger partial charge is 0.255 e. The first-order valence-corrected chi connectivity index (χ1v) is 9.40. The Balaban J connectivity index is 1.56. The van der Waals surface area contributed by atoms with Crippen LogP contribution >= 0.6 is 11.8 Å². The summed E-state index contributed by atoms with van der Waals surface area (Å²) >= 11 is 1.40. The molecule has 2 N–H and O–H groups in total. The van der Waals surface area contributed by atoms with Crippen molar-refractivity contribution in [2.75, 3.05) is 16.4 Å². The minimum Gasteiger partial charge on any atom is -0.322 e. The van der Waals surface area contributed by atoms with E-state index in [0.717, 1.165) is 10.5 Å². The van der Waals surface area contributed by atoms with Crippen molar-refractivity contribution in [1.29, 1.82) is 0 Å². The largest absolute Gasteiger partial charge is 0.322 e. The predicted molar refractivity (Wildman–Crippen MR) is 109 cm³/mol. The molecule has 1 aromatic heterocycles. The van der Waals surface area contributed by atoms with Gasteiger partial charge in [0.25, 0.3) is 5.91 Å². The van der Waals surface area contributed by atoms with Crippen LogP contribution in [0.3, 0.4) is 0 Å². The third-order valence-corrected chi connectivity index (χ3v) is 4.70. The number of aryl methyl sites for hydroxylation is 1. The van der Waals surface area contributed by atoms with Crippen LogP contribution in [0.25, 0.3) is 0 Å². The highest BCUT2D eigenvalue weighted by Gasteiger charge is 2.08. The number of amides is 2. The molecular weight excluding hydrogens is 358 g/mol. The van der Waals surface area contributed by atoms with Crippen LogP contribution in [-0.2, 0) is 4.79 Å². The second kappa shape index (κ2) is 9.00. The van der Waals surface area contributed by atoms with E-state index >= 15 is 0 Å². The summed E-state index contributed by atoms with van der Waals surface area (Å²) in [6.45, 7) is 1.98. The molecule has 3 aromatic rings. The first-order chi connectivity index (χ1) is 13.1. The number of hydrogen-bond donors (Lipinski definition) is 2. The van der Waals surface area contributed by atoms with Crippen LogP contribution in [0, 0.1) is 6.92 Å². The summed E-state index contributed by atoms with van der Waals surface area (Å²) in [5.74, 6) is 0.492. The van der Waals surface area contributed by atoms with Crippen LogP contribution < -0.4 is 10.6 Å². The number of nitrogens with zero attached hydrogens (tertiary/aromatic N) is 1. The highest BCUT2D eigenvalue weighted by Crippen LogP contribution is 2.22. The molecule has 0 bridgehead atoms. The lowest BCUT2D eigenvalue weighted by molar-refractivity contribution is -0.113. The average Bonchev–Trinajstić information content (AvgIpc) is 2.68. The van der Waals surface area contributed by atoms with Gasteiger partial charge in [0.15, 0.2) is 0 Å². The van der Waals surface area contributed by atoms with E-state index in [1.165, 1.54) is 11.8 Å². The van der Waals surface area contributed by atoms with Crippen molar-refractivity contribution >= 4 is 35.1 Å².